The van der Waals surface area contributed by atoms with Crippen molar-refractivity contribution in [3.8, 4) is 5.69 Å². The highest BCUT2D eigenvalue weighted by Gasteiger charge is 2.20. The number of ketones is 1. The first-order valence-electron chi connectivity index (χ1n) is 9.79. The van der Waals surface area contributed by atoms with Crippen LogP contribution in [0.15, 0.2) is 82.9 Å². The largest absolute Gasteiger partial charge is 0.293 e. The molecule has 0 radical (unpaired) electrons. The number of Topliss-reactive ketones (excluding diaryl/α,β-unsaturated/α-hetero) is 1. The summed E-state index contributed by atoms with van der Waals surface area (Å²) >= 11 is 1.20. The molecule has 0 saturated heterocycles. The number of rotatable bonds is 5. The van der Waals surface area contributed by atoms with Gasteiger partial charge in [-0.15, -0.1) is 0 Å². The molecule has 0 aliphatic rings. The molecule has 0 spiro atoms. The molecule has 1 aromatic heterocycles. The fourth-order valence-corrected chi connectivity index (χ4v) is 4.33. The van der Waals surface area contributed by atoms with Crippen LogP contribution in [0.2, 0.25) is 0 Å². The van der Waals surface area contributed by atoms with Crippen LogP contribution in [0.5, 0.6) is 0 Å². The lowest BCUT2D eigenvalue weighted by Crippen LogP contribution is -2.23. The molecule has 30 heavy (non-hydrogen) atoms. The fourth-order valence-electron chi connectivity index (χ4n) is 3.43. The molecule has 0 saturated carbocycles. The molecule has 0 N–H and O–H groups in total. The van der Waals surface area contributed by atoms with Gasteiger partial charge in [0, 0.05) is 23.3 Å². The van der Waals surface area contributed by atoms with E-state index in [1.165, 1.54) is 11.8 Å². The second-order valence-electron chi connectivity index (χ2n) is 7.33. The fraction of sp³-hybridized carbons (Fsp3) is 0.160. The average Bonchev–Trinajstić information content (AvgIpc) is 2.76. The Hall–Kier alpha value is -3.18. The van der Waals surface area contributed by atoms with Crippen molar-refractivity contribution in [3.05, 3.63) is 100 Å². The van der Waals surface area contributed by atoms with Crippen LogP contribution in [-0.2, 0) is 0 Å². The van der Waals surface area contributed by atoms with Crippen LogP contribution in [0.1, 0.15) is 28.4 Å². The van der Waals surface area contributed by atoms with E-state index in [2.05, 4.69) is 4.98 Å². The molecule has 4 nitrogen and oxygen atoms in total. The van der Waals surface area contributed by atoms with E-state index in [9.17, 15) is 9.59 Å². The molecule has 4 aromatic rings. The van der Waals surface area contributed by atoms with Gasteiger partial charge in [0.05, 0.1) is 10.9 Å². The summed E-state index contributed by atoms with van der Waals surface area (Å²) in [5.41, 5.74) is 3.46. The monoisotopic (exact) mass is 414 g/mol. The van der Waals surface area contributed by atoms with Crippen molar-refractivity contribution >= 4 is 28.3 Å². The van der Waals surface area contributed by atoms with Crippen LogP contribution in [0, 0.1) is 13.8 Å². The van der Waals surface area contributed by atoms with Crippen LogP contribution in [0.4, 0.5) is 0 Å². The van der Waals surface area contributed by atoms with Crippen molar-refractivity contribution in [2.45, 2.75) is 31.0 Å². The highest BCUT2D eigenvalue weighted by atomic mass is 32.2. The van der Waals surface area contributed by atoms with Crippen LogP contribution >= 0.6 is 11.8 Å². The minimum Gasteiger partial charge on any atom is -0.293 e. The van der Waals surface area contributed by atoms with Crippen molar-refractivity contribution in [2.75, 3.05) is 0 Å². The van der Waals surface area contributed by atoms with Gasteiger partial charge in [-0.25, -0.2) is 4.98 Å². The summed E-state index contributed by atoms with van der Waals surface area (Å²) in [7, 11) is 0. The summed E-state index contributed by atoms with van der Waals surface area (Å²) in [5.74, 6) is -0.00939. The predicted molar refractivity (Wildman–Crippen MR) is 123 cm³/mol. The maximum Gasteiger partial charge on any atom is 0.287 e. The number of fused-ring (bicyclic) bond motifs is 1. The topological polar surface area (TPSA) is 52.0 Å². The van der Waals surface area contributed by atoms with Gasteiger partial charge in [0.25, 0.3) is 5.56 Å². The number of aryl methyl sites for hydroxylation is 2. The van der Waals surface area contributed by atoms with E-state index in [0.717, 1.165) is 27.6 Å². The summed E-state index contributed by atoms with van der Waals surface area (Å²) < 4.78 is 1.60. The zero-order valence-electron chi connectivity index (χ0n) is 17.1. The van der Waals surface area contributed by atoms with Gasteiger partial charge < -0.3 is 0 Å². The first-order chi connectivity index (χ1) is 14.5. The minimum atomic E-state index is -0.421. The van der Waals surface area contributed by atoms with E-state index in [0.29, 0.717) is 10.6 Å². The van der Waals surface area contributed by atoms with Gasteiger partial charge in [-0.05, 0) is 49.4 Å². The Morgan fingerprint density at radius 1 is 1.00 bits per heavy atom. The Balaban J connectivity index is 1.67. The minimum absolute atomic E-state index is 0.00939. The molecule has 1 atom stereocenters. The van der Waals surface area contributed by atoms with Crippen LogP contribution in [0.3, 0.4) is 0 Å². The maximum absolute atomic E-state index is 13.2. The van der Waals surface area contributed by atoms with Gasteiger partial charge in [0.15, 0.2) is 10.8 Å². The number of aromatic nitrogens is 2. The lowest BCUT2D eigenvalue weighted by atomic mass is 10.0. The smallest absolute Gasteiger partial charge is 0.287 e. The van der Waals surface area contributed by atoms with Gasteiger partial charge in [-0.2, -0.15) is 0 Å². The normalized spacial score (nSPS) is 12.1. The van der Waals surface area contributed by atoms with Gasteiger partial charge in [0.1, 0.15) is 0 Å². The molecule has 0 fully saturated rings. The first-order valence-corrected chi connectivity index (χ1v) is 10.7. The number of benzene rings is 3. The molecule has 0 aliphatic carbocycles. The number of nitrogens with zero attached hydrogens (tertiary/aromatic N) is 2. The number of carbonyl (C=O) groups excluding carboxylic acids is 1. The molecule has 0 amide bonds. The van der Waals surface area contributed by atoms with E-state index < -0.39 is 5.25 Å². The standard InChI is InChI=1S/C25H22N2O2S/c1-16-11-12-20(15-17(16)2)23(28)18(3)30-24-25(29)27(14-13-26-24)22-10-6-8-19-7-4-5-9-21(19)22/h4-15,18H,1-3H3. The molecular weight excluding hydrogens is 392 g/mol. The van der Waals surface area contributed by atoms with E-state index in [1.54, 1.807) is 17.0 Å². The van der Waals surface area contributed by atoms with Crippen molar-refractivity contribution in [3.63, 3.8) is 0 Å². The van der Waals surface area contributed by atoms with E-state index in [-0.39, 0.29) is 11.3 Å². The Labute approximate surface area is 179 Å². The average molecular weight is 415 g/mol. The predicted octanol–water partition coefficient (Wildman–Crippen LogP) is 5.37. The van der Waals surface area contributed by atoms with E-state index in [1.807, 2.05) is 81.4 Å². The molecule has 0 bridgehead atoms. The van der Waals surface area contributed by atoms with Crippen molar-refractivity contribution < 1.29 is 4.79 Å². The first kappa shape index (κ1) is 20.1. The van der Waals surface area contributed by atoms with Crippen molar-refractivity contribution in [1.82, 2.24) is 9.55 Å². The zero-order valence-corrected chi connectivity index (χ0v) is 17.9. The lowest BCUT2D eigenvalue weighted by molar-refractivity contribution is 0.0994. The molecule has 1 unspecified atom stereocenters. The second-order valence-corrected chi connectivity index (χ2v) is 8.66. The van der Waals surface area contributed by atoms with Gasteiger partial charge in [-0.1, -0.05) is 60.3 Å². The third-order valence-corrected chi connectivity index (χ3v) is 6.36. The highest BCUT2D eigenvalue weighted by molar-refractivity contribution is 8.00. The summed E-state index contributed by atoms with van der Waals surface area (Å²) in [6, 6.07) is 19.5. The number of carbonyl (C=O) groups is 1. The molecule has 150 valence electrons. The third kappa shape index (κ3) is 3.81. The molecule has 0 aliphatic heterocycles. The van der Waals surface area contributed by atoms with Gasteiger partial charge in [0.2, 0.25) is 0 Å². The lowest BCUT2D eigenvalue weighted by Gasteiger charge is -2.13. The molecular formula is C25H22N2O2S. The highest BCUT2D eigenvalue weighted by Crippen LogP contribution is 2.24. The summed E-state index contributed by atoms with van der Waals surface area (Å²) in [4.78, 5) is 30.3. The summed E-state index contributed by atoms with van der Waals surface area (Å²) in [5, 5.41) is 1.94. The number of hydrogen-bond donors (Lipinski definition) is 0. The Kier molecular flexibility index (Phi) is 5.55. The molecule has 1 heterocycles. The Bertz CT molecular complexity index is 1300. The van der Waals surface area contributed by atoms with Crippen molar-refractivity contribution in [2.24, 2.45) is 0 Å². The quantitative estimate of drug-likeness (QED) is 0.326. The molecule has 4 rings (SSSR count). The summed E-state index contributed by atoms with van der Waals surface area (Å²) in [6.07, 6.45) is 3.28. The SMILES string of the molecule is Cc1ccc(C(=O)C(C)Sc2nccn(-c3cccc4ccccc34)c2=O)cc1C. The van der Waals surface area contributed by atoms with Crippen LogP contribution in [-0.4, -0.2) is 20.6 Å². The van der Waals surface area contributed by atoms with Crippen LogP contribution < -0.4 is 5.56 Å². The van der Waals surface area contributed by atoms with Gasteiger partial charge >= 0.3 is 0 Å². The Morgan fingerprint density at radius 3 is 2.57 bits per heavy atom. The third-order valence-electron chi connectivity index (χ3n) is 5.28. The maximum atomic E-state index is 13.2. The molecule has 5 heteroatoms. The Morgan fingerprint density at radius 2 is 1.77 bits per heavy atom. The van der Waals surface area contributed by atoms with Crippen LogP contribution in [0.25, 0.3) is 16.5 Å². The molecule has 3 aromatic carbocycles. The summed E-state index contributed by atoms with van der Waals surface area (Å²) in [6.45, 7) is 5.83. The van der Waals surface area contributed by atoms with E-state index in [4.69, 9.17) is 0 Å². The zero-order chi connectivity index (χ0) is 21.3. The van der Waals surface area contributed by atoms with Gasteiger partial charge in [-0.3, -0.25) is 14.2 Å². The second kappa shape index (κ2) is 8.28. The van der Waals surface area contributed by atoms with Crippen molar-refractivity contribution in [1.29, 1.82) is 0 Å². The number of hydrogen-bond acceptors (Lipinski definition) is 4. The van der Waals surface area contributed by atoms with E-state index >= 15 is 0 Å². The number of thioether (sulfide) groups is 1.